The molecule has 4 heteroatoms. The molecule has 104 valence electrons. The maximum Gasteiger partial charge on any atom is 0.0644 e. The first-order valence-corrected chi connectivity index (χ1v) is 6.60. The van der Waals surface area contributed by atoms with Gasteiger partial charge in [0.25, 0.3) is 0 Å². The molecule has 1 aromatic heterocycles. The number of aryl methyl sites for hydroxylation is 2. The molecule has 0 aliphatic heterocycles. The Hall–Kier alpha value is -0.870. The smallest absolute Gasteiger partial charge is 0.0644 e. The van der Waals surface area contributed by atoms with Gasteiger partial charge in [0.05, 0.1) is 5.69 Å². The van der Waals surface area contributed by atoms with Crippen LogP contribution in [-0.2, 0) is 7.05 Å². The molecule has 1 unspecified atom stereocenters. The van der Waals surface area contributed by atoms with Gasteiger partial charge in [0.2, 0.25) is 0 Å². The lowest BCUT2D eigenvalue weighted by atomic mass is 9.92. The quantitative estimate of drug-likeness (QED) is 0.872. The molecule has 0 fully saturated rings. The molecule has 0 aliphatic carbocycles. The Labute approximate surface area is 111 Å². The summed E-state index contributed by atoms with van der Waals surface area (Å²) in [6.07, 6.45) is 0. The van der Waals surface area contributed by atoms with Gasteiger partial charge in [-0.1, -0.05) is 13.8 Å². The molecule has 2 N–H and O–H groups in total. The second kappa shape index (κ2) is 5.41. The van der Waals surface area contributed by atoms with Crippen LogP contribution in [0.3, 0.4) is 0 Å². The zero-order valence-corrected chi connectivity index (χ0v) is 12.9. The Morgan fingerprint density at radius 2 is 1.94 bits per heavy atom. The molecule has 0 spiro atoms. The second-order valence-corrected chi connectivity index (χ2v) is 6.17. The molecular formula is C14H28N4. The summed E-state index contributed by atoms with van der Waals surface area (Å²) in [5.41, 5.74) is 9.67. The van der Waals surface area contributed by atoms with E-state index in [1.54, 1.807) is 0 Å². The van der Waals surface area contributed by atoms with E-state index in [4.69, 9.17) is 5.73 Å². The molecule has 0 saturated heterocycles. The second-order valence-electron chi connectivity index (χ2n) is 6.17. The average molecular weight is 252 g/mol. The van der Waals surface area contributed by atoms with Crippen LogP contribution >= 0.6 is 0 Å². The summed E-state index contributed by atoms with van der Waals surface area (Å²) in [5, 5.41) is 4.50. The van der Waals surface area contributed by atoms with Gasteiger partial charge in [-0.3, -0.25) is 9.58 Å². The van der Waals surface area contributed by atoms with Crippen LogP contribution in [0.25, 0.3) is 0 Å². The Bertz CT molecular complexity index is 406. The number of hydrogen-bond acceptors (Lipinski definition) is 3. The zero-order chi connectivity index (χ0) is 14.1. The maximum absolute atomic E-state index is 5.81. The van der Waals surface area contributed by atoms with E-state index in [-0.39, 0.29) is 5.41 Å². The lowest BCUT2D eigenvalue weighted by molar-refractivity contribution is 0.173. The van der Waals surface area contributed by atoms with Gasteiger partial charge in [-0.25, -0.2) is 0 Å². The van der Waals surface area contributed by atoms with Gasteiger partial charge < -0.3 is 5.73 Å². The number of hydrogen-bond donors (Lipinski definition) is 1. The third-order valence-corrected chi connectivity index (χ3v) is 3.87. The van der Waals surface area contributed by atoms with Crippen molar-refractivity contribution in [2.75, 3.05) is 20.1 Å². The van der Waals surface area contributed by atoms with Gasteiger partial charge in [-0.15, -0.1) is 0 Å². The molecule has 4 nitrogen and oxygen atoms in total. The lowest BCUT2D eigenvalue weighted by Crippen LogP contribution is -2.38. The van der Waals surface area contributed by atoms with E-state index < -0.39 is 0 Å². The largest absolute Gasteiger partial charge is 0.330 e. The van der Waals surface area contributed by atoms with Crippen molar-refractivity contribution in [1.82, 2.24) is 14.7 Å². The van der Waals surface area contributed by atoms with E-state index in [0.717, 1.165) is 12.2 Å². The summed E-state index contributed by atoms with van der Waals surface area (Å²) in [6.45, 7) is 12.6. The predicted molar refractivity (Wildman–Crippen MR) is 76.6 cm³/mol. The van der Waals surface area contributed by atoms with Crippen molar-refractivity contribution in [3.8, 4) is 0 Å². The molecule has 1 heterocycles. The first kappa shape index (κ1) is 15.2. The average Bonchev–Trinajstić information content (AvgIpc) is 2.52. The molecule has 1 rings (SSSR count). The summed E-state index contributed by atoms with van der Waals surface area (Å²) in [4.78, 5) is 2.36. The van der Waals surface area contributed by atoms with Crippen LogP contribution < -0.4 is 5.73 Å². The standard InChI is InChI=1S/C14H28N4/c1-10-13(12(3)18(7)16-10)11(2)17(6)9-14(4,5)8-15/h11H,8-9,15H2,1-7H3. The van der Waals surface area contributed by atoms with E-state index in [9.17, 15) is 0 Å². The SMILES string of the molecule is Cc1nn(C)c(C)c1C(C)N(C)CC(C)(C)CN. The minimum atomic E-state index is 0.146. The molecule has 0 aliphatic rings. The van der Waals surface area contributed by atoms with Crippen molar-refractivity contribution in [3.63, 3.8) is 0 Å². The lowest BCUT2D eigenvalue weighted by Gasteiger charge is -2.33. The molecule has 0 aromatic carbocycles. The van der Waals surface area contributed by atoms with Gasteiger partial charge >= 0.3 is 0 Å². The van der Waals surface area contributed by atoms with E-state index in [1.807, 2.05) is 11.7 Å². The molecular weight excluding hydrogens is 224 g/mol. The third-order valence-electron chi connectivity index (χ3n) is 3.87. The highest BCUT2D eigenvalue weighted by Gasteiger charge is 2.24. The van der Waals surface area contributed by atoms with Crippen LogP contribution in [0.1, 0.15) is 43.8 Å². The Morgan fingerprint density at radius 1 is 1.39 bits per heavy atom. The number of nitrogens with zero attached hydrogens (tertiary/aromatic N) is 3. The van der Waals surface area contributed by atoms with Crippen LogP contribution in [0.5, 0.6) is 0 Å². The molecule has 0 amide bonds. The van der Waals surface area contributed by atoms with Crippen LogP contribution in [-0.4, -0.2) is 34.8 Å². The van der Waals surface area contributed by atoms with Crippen LogP contribution in [0.2, 0.25) is 0 Å². The summed E-state index contributed by atoms with van der Waals surface area (Å²) in [5.74, 6) is 0. The Kier molecular flexibility index (Phi) is 4.56. The van der Waals surface area contributed by atoms with Gasteiger partial charge in [0.15, 0.2) is 0 Å². The molecule has 18 heavy (non-hydrogen) atoms. The summed E-state index contributed by atoms with van der Waals surface area (Å²) < 4.78 is 1.96. The molecule has 1 aromatic rings. The molecule has 1 atom stereocenters. The zero-order valence-electron chi connectivity index (χ0n) is 12.9. The predicted octanol–water partition coefficient (Wildman–Crippen LogP) is 2.01. The van der Waals surface area contributed by atoms with Crippen molar-refractivity contribution in [2.24, 2.45) is 18.2 Å². The highest BCUT2D eigenvalue weighted by Crippen LogP contribution is 2.27. The van der Waals surface area contributed by atoms with Crippen molar-refractivity contribution in [1.29, 1.82) is 0 Å². The minimum absolute atomic E-state index is 0.146. The van der Waals surface area contributed by atoms with Gasteiger partial charge in [0.1, 0.15) is 0 Å². The van der Waals surface area contributed by atoms with Crippen molar-refractivity contribution in [3.05, 3.63) is 17.0 Å². The number of nitrogens with two attached hydrogens (primary N) is 1. The number of rotatable bonds is 5. The number of aromatic nitrogens is 2. The first-order chi connectivity index (χ1) is 8.19. The first-order valence-electron chi connectivity index (χ1n) is 6.60. The van der Waals surface area contributed by atoms with Crippen molar-refractivity contribution in [2.45, 2.75) is 40.7 Å². The Morgan fingerprint density at radius 3 is 2.33 bits per heavy atom. The van der Waals surface area contributed by atoms with Crippen molar-refractivity contribution < 1.29 is 0 Å². The summed E-state index contributed by atoms with van der Waals surface area (Å²) in [7, 11) is 4.16. The normalized spacial score (nSPS) is 14.3. The highest BCUT2D eigenvalue weighted by molar-refractivity contribution is 5.27. The highest BCUT2D eigenvalue weighted by atomic mass is 15.3. The van der Waals surface area contributed by atoms with Gasteiger partial charge in [0, 0.05) is 30.9 Å². The van der Waals surface area contributed by atoms with Crippen LogP contribution in [0.4, 0.5) is 0 Å². The fourth-order valence-electron chi connectivity index (χ4n) is 2.49. The maximum atomic E-state index is 5.81. The summed E-state index contributed by atoms with van der Waals surface area (Å²) >= 11 is 0. The van der Waals surface area contributed by atoms with E-state index in [2.05, 4.69) is 51.7 Å². The molecule has 0 radical (unpaired) electrons. The topological polar surface area (TPSA) is 47.1 Å². The fourth-order valence-corrected chi connectivity index (χ4v) is 2.49. The van der Waals surface area contributed by atoms with Crippen LogP contribution in [0, 0.1) is 19.3 Å². The van der Waals surface area contributed by atoms with E-state index >= 15 is 0 Å². The minimum Gasteiger partial charge on any atom is -0.330 e. The summed E-state index contributed by atoms with van der Waals surface area (Å²) in [6, 6.07) is 0.365. The molecule has 0 saturated carbocycles. The van der Waals surface area contributed by atoms with Gasteiger partial charge in [-0.2, -0.15) is 5.10 Å². The van der Waals surface area contributed by atoms with E-state index in [1.165, 1.54) is 11.3 Å². The fraction of sp³-hybridized carbons (Fsp3) is 0.786. The molecule has 0 bridgehead atoms. The van der Waals surface area contributed by atoms with E-state index in [0.29, 0.717) is 12.6 Å². The van der Waals surface area contributed by atoms with Crippen molar-refractivity contribution >= 4 is 0 Å². The van der Waals surface area contributed by atoms with Crippen LogP contribution in [0.15, 0.2) is 0 Å². The monoisotopic (exact) mass is 252 g/mol. The Balaban J connectivity index is 2.90. The van der Waals surface area contributed by atoms with Gasteiger partial charge in [-0.05, 0) is 39.8 Å². The third kappa shape index (κ3) is 3.12.